The first-order valence-electron chi connectivity index (χ1n) is 6.25. The van der Waals surface area contributed by atoms with Crippen LogP contribution in [0.1, 0.15) is 11.1 Å². The van der Waals surface area contributed by atoms with Gasteiger partial charge in [0.1, 0.15) is 0 Å². The maximum absolute atomic E-state index is 12.1. The van der Waals surface area contributed by atoms with E-state index in [9.17, 15) is 8.42 Å². The van der Waals surface area contributed by atoms with Gasteiger partial charge in [-0.2, -0.15) is 5.26 Å². The predicted molar refractivity (Wildman–Crippen MR) is 81.5 cm³/mol. The Kier molecular flexibility index (Phi) is 4.97. The molecule has 108 valence electrons. The van der Waals surface area contributed by atoms with Gasteiger partial charge in [-0.1, -0.05) is 29.8 Å². The third kappa shape index (κ3) is 4.30. The molecule has 2 aromatic rings. The fourth-order valence-corrected chi connectivity index (χ4v) is 3.13. The van der Waals surface area contributed by atoms with Crippen molar-refractivity contribution in [2.75, 3.05) is 6.54 Å². The number of hydrogen-bond acceptors (Lipinski definition) is 3. The second kappa shape index (κ2) is 6.72. The first-order valence-corrected chi connectivity index (χ1v) is 8.12. The Hall–Kier alpha value is -1.87. The fraction of sp³-hybridized carbons (Fsp3) is 0.133. The molecule has 0 atom stereocenters. The second-order valence-electron chi connectivity index (χ2n) is 4.42. The summed E-state index contributed by atoms with van der Waals surface area (Å²) >= 11 is 5.87. The van der Waals surface area contributed by atoms with Crippen molar-refractivity contribution in [3.8, 4) is 6.07 Å². The molecule has 0 aliphatic heterocycles. The van der Waals surface area contributed by atoms with Crippen LogP contribution < -0.4 is 4.72 Å². The molecule has 0 unspecified atom stereocenters. The van der Waals surface area contributed by atoms with E-state index >= 15 is 0 Å². The molecule has 0 saturated carbocycles. The zero-order valence-electron chi connectivity index (χ0n) is 11.1. The van der Waals surface area contributed by atoms with Gasteiger partial charge in [0.2, 0.25) is 10.0 Å². The number of nitrogens with zero attached hydrogens (tertiary/aromatic N) is 1. The summed E-state index contributed by atoms with van der Waals surface area (Å²) in [6, 6.07) is 15.1. The van der Waals surface area contributed by atoms with Crippen LogP contribution in [0.3, 0.4) is 0 Å². The highest BCUT2D eigenvalue weighted by molar-refractivity contribution is 7.89. The quantitative estimate of drug-likeness (QED) is 0.921. The van der Waals surface area contributed by atoms with Crippen LogP contribution in [0.2, 0.25) is 5.02 Å². The molecule has 0 heterocycles. The van der Waals surface area contributed by atoms with Crippen molar-refractivity contribution in [2.24, 2.45) is 0 Å². The third-order valence-corrected chi connectivity index (χ3v) is 4.56. The van der Waals surface area contributed by atoms with Gasteiger partial charge in [-0.25, -0.2) is 13.1 Å². The summed E-state index contributed by atoms with van der Waals surface area (Å²) in [5, 5.41) is 9.42. The predicted octanol–water partition coefficient (Wildman–Crippen LogP) is 2.73. The zero-order valence-corrected chi connectivity index (χ0v) is 12.7. The van der Waals surface area contributed by atoms with Gasteiger partial charge in [-0.3, -0.25) is 0 Å². The SMILES string of the molecule is N#Cc1cccc(S(=O)(=O)NCCc2cccc(Cl)c2)c1. The van der Waals surface area contributed by atoms with E-state index in [1.54, 1.807) is 24.3 Å². The van der Waals surface area contributed by atoms with Crippen LogP contribution in [0.15, 0.2) is 53.4 Å². The standard InChI is InChI=1S/C15H13ClN2O2S/c16-14-5-1-3-12(9-14)7-8-18-21(19,20)15-6-2-4-13(10-15)11-17/h1-6,9-10,18H,7-8H2. The molecular formula is C15H13ClN2O2S. The van der Waals surface area contributed by atoms with Crippen molar-refractivity contribution in [1.82, 2.24) is 4.72 Å². The highest BCUT2D eigenvalue weighted by Gasteiger charge is 2.13. The lowest BCUT2D eigenvalue weighted by molar-refractivity contribution is 0.581. The number of sulfonamides is 1. The average molecular weight is 321 g/mol. The number of nitrogens with one attached hydrogen (secondary N) is 1. The smallest absolute Gasteiger partial charge is 0.211 e. The number of hydrogen-bond donors (Lipinski definition) is 1. The van der Waals surface area contributed by atoms with E-state index in [-0.39, 0.29) is 11.4 Å². The number of rotatable bonds is 5. The molecule has 0 radical (unpaired) electrons. The topological polar surface area (TPSA) is 70.0 Å². The lowest BCUT2D eigenvalue weighted by Crippen LogP contribution is -2.26. The van der Waals surface area contributed by atoms with Crippen LogP contribution in [0.25, 0.3) is 0 Å². The monoisotopic (exact) mass is 320 g/mol. The van der Waals surface area contributed by atoms with Gasteiger partial charge in [-0.15, -0.1) is 0 Å². The van der Waals surface area contributed by atoms with Gasteiger partial charge in [0.15, 0.2) is 0 Å². The molecule has 6 heteroatoms. The van der Waals surface area contributed by atoms with E-state index in [0.717, 1.165) is 5.56 Å². The Morgan fingerprint density at radius 3 is 2.62 bits per heavy atom. The van der Waals surface area contributed by atoms with E-state index in [2.05, 4.69) is 4.72 Å². The highest BCUT2D eigenvalue weighted by atomic mass is 35.5. The van der Waals surface area contributed by atoms with E-state index in [1.807, 2.05) is 18.2 Å². The molecule has 0 amide bonds. The summed E-state index contributed by atoms with van der Waals surface area (Å²) < 4.78 is 26.7. The van der Waals surface area contributed by atoms with Crippen LogP contribution in [0.4, 0.5) is 0 Å². The maximum Gasteiger partial charge on any atom is 0.240 e. The molecule has 0 aliphatic carbocycles. The van der Waals surface area contributed by atoms with Crippen molar-refractivity contribution >= 4 is 21.6 Å². The first-order chi connectivity index (χ1) is 10.0. The Labute approximate surface area is 129 Å². The molecule has 4 nitrogen and oxygen atoms in total. The summed E-state index contributed by atoms with van der Waals surface area (Å²) in [4.78, 5) is 0.0904. The van der Waals surface area contributed by atoms with E-state index in [0.29, 0.717) is 17.0 Å². The summed E-state index contributed by atoms with van der Waals surface area (Å²) in [7, 11) is -3.61. The Morgan fingerprint density at radius 1 is 1.14 bits per heavy atom. The van der Waals surface area contributed by atoms with E-state index in [4.69, 9.17) is 16.9 Å². The minimum atomic E-state index is -3.61. The first kappa shape index (κ1) is 15.5. The normalized spacial score (nSPS) is 11.0. The minimum Gasteiger partial charge on any atom is -0.211 e. The molecule has 0 saturated heterocycles. The summed E-state index contributed by atoms with van der Waals surface area (Å²) in [5.74, 6) is 0. The van der Waals surface area contributed by atoms with Crippen LogP contribution in [-0.2, 0) is 16.4 Å². The second-order valence-corrected chi connectivity index (χ2v) is 6.62. The van der Waals surface area contributed by atoms with Crippen molar-refractivity contribution in [1.29, 1.82) is 5.26 Å². The zero-order chi connectivity index (χ0) is 15.3. The number of benzene rings is 2. The van der Waals surface area contributed by atoms with Gasteiger partial charge in [0, 0.05) is 11.6 Å². The number of halogens is 1. The molecule has 0 fully saturated rings. The Balaban J connectivity index is 2.03. The van der Waals surface area contributed by atoms with Gasteiger partial charge < -0.3 is 0 Å². The number of nitriles is 1. The third-order valence-electron chi connectivity index (χ3n) is 2.87. The summed E-state index contributed by atoms with van der Waals surface area (Å²) in [6.45, 7) is 0.263. The van der Waals surface area contributed by atoms with Crippen molar-refractivity contribution in [3.05, 3.63) is 64.7 Å². The Bertz CT molecular complexity index is 782. The molecular weight excluding hydrogens is 308 g/mol. The van der Waals surface area contributed by atoms with E-state index < -0.39 is 10.0 Å². The van der Waals surface area contributed by atoms with Gasteiger partial charge in [0.05, 0.1) is 16.5 Å². The molecule has 21 heavy (non-hydrogen) atoms. The summed E-state index contributed by atoms with van der Waals surface area (Å²) in [5.41, 5.74) is 1.27. The van der Waals surface area contributed by atoms with E-state index in [1.165, 1.54) is 12.1 Å². The lowest BCUT2D eigenvalue weighted by atomic mass is 10.2. The maximum atomic E-state index is 12.1. The molecule has 2 rings (SSSR count). The van der Waals surface area contributed by atoms with Crippen LogP contribution in [-0.4, -0.2) is 15.0 Å². The van der Waals surface area contributed by atoms with Crippen LogP contribution in [0, 0.1) is 11.3 Å². The van der Waals surface area contributed by atoms with Gasteiger partial charge in [0.25, 0.3) is 0 Å². The minimum absolute atomic E-state index is 0.0904. The molecule has 0 bridgehead atoms. The average Bonchev–Trinajstić information content (AvgIpc) is 2.47. The van der Waals surface area contributed by atoms with Crippen molar-refractivity contribution in [3.63, 3.8) is 0 Å². The highest BCUT2D eigenvalue weighted by Crippen LogP contribution is 2.12. The van der Waals surface area contributed by atoms with Crippen LogP contribution >= 0.6 is 11.6 Å². The molecule has 0 aliphatic rings. The molecule has 1 N–H and O–H groups in total. The molecule has 2 aromatic carbocycles. The Morgan fingerprint density at radius 2 is 1.90 bits per heavy atom. The molecule has 0 spiro atoms. The van der Waals surface area contributed by atoms with Crippen molar-refractivity contribution in [2.45, 2.75) is 11.3 Å². The lowest BCUT2D eigenvalue weighted by Gasteiger charge is -2.07. The van der Waals surface area contributed by atoms with Crippen molar-refractivity contribution < 1.29 is 8.42 Å². The van der Waals surface area contributed by atoms with Gasteiger partial charge >= 0.3 is 0 Å². The van der Waals surface area contributed by atoms with Crippen LogP contribution in [0.5, 0.6) is 0 Å². The molecule has 0 aromatic heterocycles. The summed E-state index contributed by atoms with van der Waals surface area (Å²) in [6.07, 6.45) is 0.539. The largest absolute Gasteiger partial charge is 0.240 e. The van der Waals surface area contributed by atoms with Gasteiger partial charge in [-0.05, 0) is 42.3 Å². The fourth-order valence-electron chi connectivity index (χ4n) is 1.84.